The van der Waals surface area contributed by atoms with Crippen LogP contribution in [-0.2, 0) is 4.79 Å². The number of aliphatic hydroxyl groups excluding tert-OH is 4. The molecule has 0 aliphatic carbocycles. The molecule has 3 atom stereocenters. The van der Waals surface area contributed by atoms with Crippen molar-refractivity contribution in [3.05, 3.63) is 0 Å². The van der Waals surface area contributed by atoms with Crippen molar-refractivity contribution in [1.82, 2.24) is 10.2 Å². The van der Waals surface area contributed by atoms with E-state index in [4.69, 9.17) is 10.2 Å². The number of nitrogens with one attached hydrogen (secondary N) is 1. The quantitative estimate of drug-likeness (QED) is 0.352. The largest absolute Gasteiger partial charge is 0.394 e. The Morgan fingerprint density at radius 1 is 1.24 bits per heavy atom. The lowest BCUT2D eigenvalue weighted by Gasteiger charge is -2.30. The van der Waals surface area contributed by atoms with Crippen LogP contribution in [0.25, 0.3) is 0 Å². The molecule has 1 heterocycles. The first-order valence-electron chi connectivity index (χ1n) is 5.19. The van der Waals surface area contributed by atoms with Crippen molar-refractivity contribution in [3.8, 4) is 0 Å². The van der Waals surface area contributed by atoms with Gasteiger partial charge in [0.05, 0.1) is 13.2 Å². The Hall–Kier alpha value is -1.22. The zero-order valence-electron chi connectivity index (χ0n) is 9.11. The summed E-state index contributed by atoms with van der Waals surface area (Å²) in [6.45, 7) is -0.774. The Kier molecular flexibility index (Phi) is 4.82. The fraction of sp³-hybridized carbons (Fsp3) is 0.778. The number of aliphatic hydroxyl groups is 4. The molecule has 1 fully saturated rings. The summed E-state index contributed by atoms with van der Waals surface area (Å²) in [5, 5.41) is 38.6. The molecule has 0 aromatic carbocycles. The third-order valence-electron chi connectivity index (χ3n) is 2.53. The number of β-amino-alcohol motifs (C(OH)–C–C–N with tert-alkyl or cyclic N) is 1. The van der Waals surface area contributed by atoms with Crippen LogP contribution >= 0.6 is 0 Å². The minimum atomic E-state index is -1.55. The molecule has 0 radical (unpaired) electrons. The first kappa shape index (κ1) is 13.8. The van der Waals surface area contributed by atoms with Gasteiger partial charge in [-0.05, 0) is 0 Å². The van der Waals surface area contributed by atoms with E-state index < -0.39 is 36.9 Å². The van der Waals surface area contributed by atoms with Gasteiger partial charge >= 0.3 is 6.03 Å². The van der Waals surface area contributed by atoms with Crippen molar-refractivity contribution in [3.63, 3.8) is 0 Å². The van der Waals surface area contributed by atoms with Crippen LogP contribution < -0.4 is 5.32 Å². The minimum absolute atomic E-state index is 0.122. The highest BCUT2D eigenvalue weighted by Crippen LogP contribution is 2.06. The molecule has 0 saturated carbocycles. The molecule has 8 heteroatoms. The van der Waals surface area contributed by atoms with E-state index in [-0.39, 0.29) is 19.5 Å². The van der Waals surface area contributed by atoms with Crippen molar-refractivity contribution >= 4 is 11.9 Å². The number of carbonyl (C=O) groups excluding carboxylic acids is 2. The minimum Gasteiger partial charge on any atom is -0.394 e. The summed E-state index contributed by atoms with van der Waals surface area (Å²) < 4.78 is 0. The van der Waals surface area contributed by atoms with Crippen molar-refractivity contribution < 1.29 is 30.0 Å². The SMILES string of the molecule is O=C1CCN(C[C@H](O)[C@H](O)[C@@H](O)CO)C(=O)N1. The smallest absolute Gasteiger partial charge is 0.324 e. The normalized spacial score (nSPS) is 22.0. The molecule has 0 spiro atoms. The first-order chi connectivity index (χ1) is 7.95. The Morgan fingerprint density at radius 3 is 2.41 bits per heavy atom. The summed E-state index contributed by atoms with van der Waals surface area (Å²) >= 11 is 0. The number of hydrogen-bond donors (Lipinski definition) is 5. The lowest BCUT2D eigenvalue weighted by Crippen LogP contribution is -2.54. The predicted molar refractivity (Wildman–Crippen MR) is 54.8 cm³/mol. The van der Waals surface area contributed by atoms with Gasteiger partial charge in [0.2, 0.25) is 5.91 Å². The Labute approximate surface area is 97.5 Å². The average molecular weight is 248 g/mol. The van der Waals surface area contributed by atoms with Gasteiger partial charge in [0, 0.05) is 13.0 Å². The molecule has 8 nitrogen and oxygen atoms in total. The molecule has 3 amide bonds. The zero-order chi connectivity index (χ0) is 13.0. The highest BCUT2D eigenvalue weighted by molar-refractivity contribution is 5.96. The van der Waals surface area contributed by atoms with Crippen molar-refractivity contribution in [2.24, 2.45) is 0 Å². The third kappa shape index (κ3) is 3.63. The van der Waals surface area contributed by atoms with Crippen molar-refractivity contribution in [2.45, 2.75) is 24.7 Å². The molecule has 17 heavy (non-hydrogen) atoms. The molecule has 0 aromatic heterocycles. The van der Waals surface area contributed by atoms with E-state index in [0.29, 0.717) is 0 Å². The molecule has 0 unspecified atom stereocenters. The van der Waals surface area contributed by atoms with Crippen LogP contribution in [-0.4, -0.2) is 75.3 Å². The number of imide groups is 1. The van der Waals surface area contributed by atoms with Gasteiger partial charge in [-0.3, -0.25) is 10.1 Å². The lowest BCUT2D eigenvalue weighted by molar-refractivity contribution is -0.122. The highest BCUT2D eigenvalue weighted by Gasteiger charge is 2.30. The second-order valence-electron chi connectivity index (χ2n) is 3.86. The fourth-order valence-electron chi connectivity index (χ4n) is 1.47. The van der Waals surface area contributed by atoms with Gasteiger partial charge in [-0.15, -0.1) is 0 Å². The number of hydrogen-bond acceptors (Lipinski definition) is 6. The standard InChI is InChI=1S/C9H16N2O6/c12-4-6(14)8(16)5(13)3-11-2-1-7(15)10-9(11)17/h5-6,8,12-14,16H,1-4H2,(H,10,15,17)/t5-,6-,8-/m0/s1. The topological polar surface area (TPSA) is 130 Å². The van der Waals surface area contributed by atoms with E-state index in [9.17, 15) is 19.8 Å². The fourth-order valence-corrected chi connectivity index (χ4v) is 1.47. The zero-order valence-corrected chi connectivity index (χ0v) is 9.11. The van der Waals surface area contributed by atoms with Crippen LogP contribution in [0.15, 0.2) is 0 Å². The van der Waals surface area contributed by atoms with E-state index in [1.54, 1.807) is 0 Å². The monoisotopic (exact) mass is 248 g/mol. The molecule has 0 aromatic rings. The Morgan fingerprint density at radius 2 is 1.88 bits per heavy atom. The molecule has 5 N–H and O–H groups in total. The van der Waals surface area contributed by atoms with Gasteiger partial charge in [0.1, 0.15) is 18.3 Å². The second kappa shape index (κ2) is 5.92. The number of nitrogens with zero attached hydrogens (tertiary/aromatic N) is 1. The summed E-state index contributed by atoms with van der Waals surface area (Å²) in [5.41, 5.74) is 0. The number of amides is 3. The van der Waals surface area contributed by atoms with Crippen LogP contribution in [0.3, 0.4) is 0 Å². The molecule has 1 aliphatic heterocycles. The summed E-state index contributed by atoms with van der Waals surface area (Å²) in [6, 6.07) is -0.647. The van der Waals surface area contributed by atoms with E-state index in [1.807, 2.05) is 0 Å². The molecule has 98 valence electrons. The summed E-state index contributed by atoms with van der Waals surface area (Å²) in [4.78, 5) is 23.3. The molecule has 0 bridgehead atoms. The van der Waals surface area contributed by atoms with Gasteiger partial charge in [0.25, 0.3) is 0 Å². The van der Waals surface area contributed by atoms with Crippen molar-refractivity contribution in [1.29, 1.82) is 0 Å². The third-order valence-corrected chi connectivity index (χ3v) is 2.53. The van der Waals surface area contributed by atoms with Gasteiger partial charge in [0.15, 0.2) is 0 Å². The maximum absolute atomic E-state index is 11.3. The van der Waals surface area contributed by atoms with E-state index in [1.165, 1.54) is 0 Å². The molecule has 1 saturated heterocycles. The van der Waals surface area contributed by atoms with Crippen LogP contribution in [0.5, 0.6) is 0 Å². The maximum atomic E-state index is 11.3. The lowest BCUT2D eigenvalue weighted by atomic mass is 10.1. The average Bonchev–Trinajstić information content (AvgIpc) is 2.30. The van der Waals surface area contributed by atoms with Gasteiger partial charge < -0.3 is 25.3 Å². The summed E-state index contributed by atoms with van der Waals surface area (Å²) in [5.74, 6) is -0.392. The van der Waals surface area contributed by atoms with Crippen molar-refractivity contribution in [2.75, 3.05) is 19.7 Å². The second-order valence-corrected chi connectivity index (χ2v) is 3.86. The molecule has 1 aliphatic rings. The van der Waals surface area contributed by atoms with Crippen LogP contribution in [0.1, 0.15) is 6.42 Å². The molecular weight excluding hydrogens is 232 g/mol. The highest BCUT2D eigenvalue weighted by atomic mass is 16.4. The number of carbonyl (C=O) groups is 2. The van der Waals surface area contributed by atoms with Crippen LogP contribution in [0.2, 0.25) is 0 Å². The molecular formula is C9H16N2O6. The Bertz CT molecular complexity index is 297. The first-order valence-corrected chi connectivity index (χ1v) is 5.19. The predicted octanol–water partition coefficient (Wildman–Crippen LogP) is -3.00. The van der Waals surface area contributed by atoms with E-state index in [2.05, 4.69) is 5.32 Å². The Balaban J connectivity index is 2.48. The molecule has 1 rings (SSSR count). The van der Waals surface area contributed by atoms with Crippen LogP contribution in [0, 0.1) is 0 Å². The number of rotatable bonds is 5. The van der Waals surface area contributed by atoms with Gasteiger partial charge in [-0.25, -0.2) is 4.79 Å². The van der Waals surface area contributed by atoms with Crippen LogP contribution in [0.4, 0.5) is 4.79 Å². The number of urea groups is 1. The van der Waals surface area contributed by atoms with E-state index >= 15 is 0 Å². The van der Waals surface area contributed by atoms with Gasteiger partial charge in [-0.1, -0.05) is 0 Å². The van der Waals surface area contributed by atoms with E-state index in [0.717, 1.165) is 4.90 Å². The summed E-state index contributed by atoms with van der Waals surface area (Å²) in [6.07, 6.45) is -4.29. The summed E-state index contributed by atoms with van der Waals surface area (Å²) in [7, 11) is 0. The van der Waals surface area contributed by atoms with Gasteiger partial charge in [-0.2, -0.15) is 0 Å². The maximum Gasteiger partial charge on any atom is 0.324 e.